The van der Waals surface area contributed by atoms with E-state index in [1.807, 2.05) is 60.8 Å². The molecule has 3 heterocycles. The number of pyridine rings is 2. The largest absolute Gasteiger partial charge is 0.299 e. The van der Waals surface area contributed by atoms with Gasteiger partial charge in [-0.1, -0.05) is 29.8 Å². The zero-order chi connectivity index (χ0) is 15.8. The first-order valence-corrected chi connectivity index (χ1v) is 8.24. The molecule has 0 radical (unpaired) electrons. The van der Waals surface area contributed by atoms with Gasteiger partial charge in [-0.2, -0.15) is 0 Å². The molecule has 3 nitrogen and oxygen atoms in total. The number of nitrogens with zero attached hydrogens (tertiary/aromatic N) is 3. The van der Waals surface area contributed by atoms with E-state index in [0.29, 0.717) is 5.02 Å². The molecule has 0 saturated heterocycles. The van der Waals surface area contributed by atoms with E-state index in [2.05, 4.69) is 25.3 Å². The van der Waals surface area contributed by atoms with Crippen molar-refractivity contribution in [2.45, 2.75) is 0 Å². The van der Waals surface area contributed by atoms with Crippen molar-refractivity contribution in [3.63, 3.8) is 0 Å². The van der Waals surface area contributed by atoms with Crippen LogP contribution in [0.1, 0.15) is 0 Å². The van der Waals surface area contributed by atoms with Crippen LogP contribution in [-0.4, -0.2) is 14.4 Å². The van der Waals surface area contributed by atoms with Gasteiger partial charge in [0.15, 0.2) is 0 Å². The van der Waals surface area contributed by atoms with E-state index >= 15 is 0 Å². The molecule has 0 N–H and O–H groups in total. The fourth-order valence-electron chi connectivity index (χ4n) is 2.66. The van der Waals surface area contributed by atoms with Crippen LogP contribution in [-0.2, 0) is 0 Å². The molecule has 0 bridgehead atoms. The summed E-state index contributed by atoms with van der Waals surface area (Å²) >= 11 is 9.61. The van der Waals surface area contributed by atoms with Gasteiger partial charge in [-0.05, 0) is 52.3 Å². The molecule has 0 spiro atoms. The van der Waals surface area contributed by atoms with Gasteiger partial charge in [0.05, 0.1) is 11.4 Å². The van der Waals surface area contributed by atoms with Crippen molar-refractivity contribution in [1.82, 2.24) is 14.4 Å². The summed E-state index contributed by atoms with van der Waals surface area (Å²) in [6.07, 6.45) is 3.80. The summed E-state index contributed by atoms with van der Waals surface area (Å²) in [7, 11) is 0. The number of benzene rings is 1. The SMILES string of the molecule is Clc1cccc(-c2nc3ccccn3c2-c2ccnc(Br)c2)c1. The van der Waals surface area contributed by atoms with Crippen molar-refractivity contribution in [3.05, 3.63) is 76.6 Å². The predicted molar refractivity (Wildman–Crippen MR) is 96.6 cm³/mol. The molecule has 3 aromatic heterocycles. The second kappa shape index (κ2) is 5.80. The summed E-state index contributed by atoms with van der Waals surface area (Å²) in [6.45, 7) is 0. The average Bonchev–Trinajstić information content (AvgIpc) is 2.94. The van der Waals surface area contributed by atoms with Crippen LogP contribution in [0.3, 0.4) is 0 Å². The highest BCUT2D eigenvalue weighted by Crippen LogP contribution is 2.34. The normalized spacial score (nSPS) is 11.0. The molecule has 4 aromatic rings. The van der Waals surface area contributed by atoms with Crippen LogP contribution in [0.2, 0.25) is 5.02 Å². The summed E-state index contributed by atoms with van der Waals surface area (Å²) < 4.78 is 2.87. The van der Waals surface area contributed by atoms with Gasteiger partial charge in [-0.3, -0.25) is 4.40 Å². The maximum absolute atomic E-state index is 6.16. The lowest BCUT2D eigenvalue weighted by Gasteiger charge is -2.06. The molecule has 0 aliphatic heterocycles. The number of imidazole rings is 1. The number of rotatable bonds is 2. The molecule has 0 saturated carbocycles. The van der Waals surface area contributed by atoms with Gasteiger partial charge in [0.25, 0.3) is 0 Å². The summed E-state index contributed by atoms with van der Waals surface area (Å²) in [5.74, 6) is 0. The Morgan fingerprint density at radius 3 is 2.70 bits per heavy atom. The molecule has 0 aliphatic carbocycles. The molecule has 0 amide bonds. The molecule has 0 atom stereocenters. The Morgan fingerprint density at radius 2 is 1.87 bits per heavy atom. The van der Waals surface area contributed by atoms with Crippen LogP contribution < -0.4 is 0 Å². The average molecular weight is 385 g/mol. The Bertz CT molecular complexity index is 1010. The Kier molecular flexibility index (Phi) is 3.63. The Morgan fingerprint density at radius 1 is 0.957 bits per heavy atom. The van der Waals surface area contributed by atoms with Crippen molar-refractivity contribution in [2.24, 2.45) is 0 Å². The topological polar surface area (TPSA) is 30.2 Å². The molecule has 23 heavy (non-hydrogen) atoms. The molecule has 1 aromatic carbocycles. The molecule has 5 heteroatoms. The van der Waals surface area contributed by atoms with Gasteiger partial charge in [-0.15, -0.1) is 0 Å². The van der Waals surface area contributed by atoms with E-state index in [9.17, 15) is 0 Å². The lowest BCUT2D eigenvalue weighted by atomic mass is 10.1. The first-order chi connectivity index (χ1) is 11.2. The third-order valence-corrected chi connectivity index (χ3v) is 4.30. The van der Waals surface area contributed by atoms with E-state index in [-0.39, 0.29) is 0 Å². The number of hydrogen-bond acceptors (Lipinski definition) is 2. The number of fused-ring (bicyclic) bond motifs is 1. The maximum Gasteiger partial charge on any atom is 0.137 e. The van der Waals surface area contributed by atoms with Crippen molar-refractivity contribution in [3.8, 4) is 22.5 Å². The van der Waals surface area contributed by atoms with Gasteiger partial charge in [0.1, 0.15) is 10.3 Å². The quantitative estimate of drug-likeness (QED) is 0.428. The summed E-state index contributed by atoms with van der Waals surface area (Å²) in [6, 6.07) is 17.7. The van der Waals surface area contributed by atoms with E-state index in [0.717, 1.165) is 32.8 Å². The molecular formula is C18H11BrClN3. The standard InChI is InChI=1S/C18H11BrClN3/c19-15-11-13(7-8-21-15)18-17(12-4-3-5-14(20)10-12)22-16-6-1-2-9-23(16)18/h1-11H. The van der Waals surface area contributed by atoms with Crippen LogP contribution in [0.15, 0.2) is 71.6 Å². The zero-order valence-electron chi connectivity index (χ0n) is 11.9. The van der Waals surface area contributed by atoms with E-state index < -0.39 is 0 Å². The van der Waals surface area contributed by atoms with Gasteiger partial charge in [0.2, 0.25) is 0 Å². The van der Waals surface area contributed by atoms with Gasteiger partial charge in [0, 0.05) is 28.5 Å². The minimum Gasteiger partial charge on any atom is -0.299 e. The summed E-state index contributed by atoms with van der Waals surface area (Å²) in [5, 5.41) is 0.696. The molecule has 4 rings (SSSR count). The van der Waals surface area contributed by atoms with Crippen LogP contribution in [0.25, 0.3) is 28.2 Å². The van der Waals surface area contributed by atoms with Crippen molar-refractivity contribution in [1.29, 1.82) is 0 Å². The molecule has 0 unspecified atom stereocenters. The predicted octanol–water partition coefficient (Wildman–Crippen LogP) is 5.48. The van der Waals surface area contributed by atoms with E-state index in [1.54, 1.807) is 6.20 Å². The van der Waals surface area contributed by atoms with Crippen LogP contribution in [0, 0.1) is 0 Å². The third-order valence-electron chi connectivity index (χ3n) is 3.63. The lowest BCUT2D eigenvalue weighted by Crippen LogP contribution is -1.90. The summed E-state index contributed by atoms with van der Waals surface area (Å²) in [4.78, 5) is 9.01. The number of aromatic nitrogens is 3. The number of halogens is 2. The van der Waals surface area contributed by atoms with Gasteiger partial charge < -0.3 is 0 Å². The first-order valence-electron chi connectivity index (χ1n) is 7.07. The molecular weight excluding hydrogens is 374 g/mol. The van der Waals surface area contributed by atoms with Crippen molar-refractivity contribution in [2.75, 3.05) is 0 Å². The maximum atomic E-state index is 6.16. The fraction of sp³-hybridized carbons (Fsp3) is 0. The Balaban J connectivity index is 2.06. The highest BCUT2D eigenvalue weighted by molar-refractivity contribution is 9.10. The molecule has 112 valence electrons. The first kappa shape index (κ1) is 14.4. The highest BCUT2D eigenvalue weighted by atomic mass is 79.9. The van der Waals surface area contributed by atoms with Gasteiger partial charge in [-0.25, -0.2) is 9.97 Å². The van der Waals surface area contributed by atoms with Crippen LogP contribution >= 0.6 is 27.5 Å². The number of hydrogen-bond donors (Lipinski definition) is 0. The fourth-order valence-corrected chi connectivity index (χ4v) is 3.21. The van der Waals surface area contributed by atoms with Crippen LogP contribution in [0.4, 0.5) is 0 Å². The highest BCUT2D eigenvalue weighted by Gasteiger charge is 2.16. The van der Waals surface area contributed by atoms with Crippen molar-refractivity contribution < 1.29 is 0 Å². The third kappa shape index (κ3) is 2.64. The lowest BCUT2D eigenvalue weighted by molar-refractivity contribution is 1.18. The Labute approximate surface area is 146 Å². The Hall–Kier alpha value is -2.17. The smallest absolute Gasteiger partial charge is 0.137 e. The zero-order valence-corrected chi connectivity index (χ0v) is 14.3. The van der Waals surface area contributed by atoms with Crippen LogP contribution in [0.5, 0.6) is 0 Å². The van der Waals surface area contributed by atoms with Crippen molar-refractivity contribution >= 4 is 33.2 Å². The minimum atomic E-state index is 0.696. The van der Waals surface area contributed by atoms with E-state index in [1.165, 1.54) is 0 Å². The summed E-state index contributed by atoms with van der Waals surface area (Å²) in [5.41, 5.74) is 4.85. The molecule has 0 aliphatic rings. The van der Waals surface area contributed by atoms with E-state index in [4.69, 9.17) is 16.6 Å². The van der Waals surface area contributed by atoms with Gasteiger partial charge >= 0.3 is 0 Å². The second-order valence-electron chi connectivity index (χ2n) is 5.12. The molecule has 0 fully saturated rings. The second-order valence-corrected chi connectivity index (χ2v) is 6.36. The minimum absolute atomic E-state index is 0.696. The monoisotopic (exact) mass is 383 g/mol.